The number of morpholine rings is 1. The second-order valence-corrected chi connectivity index (χ2v) is 4.98. The van der Waals surface area contributed by atoms with Gasteiger partial charge in [-0.15, -0.1) is 5.10 Å². The molecular weight excluding hydrogens is 270 g/mol. The van der Waals surface area contributed by atoms with E-state index in [1.807, 2.05) is 31.3 Å². The van der Waals surface area contributed by atoms with Crippen LogP contribution in [0.25, 0.3) is 5.69 Å². The molecule has 0 bridgehead atoms. The summed E-state index contributed by atoms with van der Waals surface area (Å²) in [7, 11) is 1.98. The van der Waals surface area contributed by atoms with Crippen molar-refractivity contribution in [1.82, 2.24) is 19.9 Å². The van der Waals surface area contributed by atoms with Crippen molar-refractivity contribution in [2.24, 2.45) is 0 Å². The molecule has 3 rings (SSSR count). The van der Waals surface area contributed by atoms with Gasteiger partial charge in [-0.1, -0.05) is 17.3 Å². The predicted molar refractivity (Wildman–Crippen MR) is 77.2 cm³/mol. The molecule has 2 heterocycles. The lowest BCUT2D eigenvalue weighted by Crippen LogP contribution is -2.46. The lowest BCUT2D eigenvalue weighted by molar-refractivity contribution is -0.132. The molecule has 2 aromatic rings. The van der Waals surface area contributed by atoms with Gasteiger partial charge in [0.1, 0.15) is 6.10 Å². The third-order valence-corrected chi connectivity index (χ3v) is 3.39. The highest BCUT2D eigenvalue weighted by Crippen LogP contribution is 2.19. The molecule has 21 heavy (non-hydrogen) atoms. The van der Waals surface area contributed by atoms with Crippen molar-refractivity contribution in [3.63, 3.8) is 0 Å². The Labute approximate surface area is 122 Å². The van der Waals surface area contributed by atoms with Gasteiger partial charge in [-0.3, -0.25) is 4.79 Å². The van der Waals surface area contributed by atoms with Crippen molar-refractivity contribution >= 4 is 11.6 Å². The molecule has 7 nitrogen and oxygen atoms in total. The van der Waals surface area contributed by atoms with Crippen LogP contribution in [0, 0.1) is 0 Å². The maximum absolute atomic E-state index is 12.3. The van der Waals surface area contributed by atoms with Gasteiger partial charge in [-0.25, -0.2) is 4.68 Å². The molecule has 1 aromatic carbocycles. The van der Waals surface area contributed by atoms with Crippen molar-refractivity contribution in [3.8, 4) is 5.69 Å². The normalized spacial score (nSPS) is 19.4. The van der Waals surface area contributed by atoms with Gasteiger partial charge in [0, 0.05) is 13.1 Å². The van der Waals surface area contributed by atoms with Gasteiger partial charge >= 0.3 is 0 Å². The van der Waals surface area contributed by atoms with Crippen LogP contribution in [-0.4, -0.2) is 58.6 Å². The number of para-hydroxylation sites is 2. The van der Waals surface area contributed by atoms with Gasteiger partial charge in [0.25, 0.3) is 5.91 Å². The van der Waals surface area contributed by atoms with Gasteiger partial charge in [-0.05, 0) is 19.2 Å². The third-order valence-electron chi connectivity index (χ3n) is 3.39. The Kier molecular flexibility index (Phi) is 3.94. The molecule has 0 spiro atoms. The number of carbonyl (C=O) groups is 1. The summed E-state index contributed by atoms with van der Waals surface area (Å²) in [5.74, 6) is -0.144. The number of nitrogens with one attached hydrogen (secondary N) is 1. The van der Waals surface area contributed by atoms with E-state index in [9.17, 15) is 4.79 Å². The number of hydrogen-bond acceptors (Lipinski definition) is 5. The third kappa shape index (κ3) is 3.09. The number of aromatic nitrogens is 3. The largest absolute Gasteiger partial charge is 0.366 e. The average Bonchev–Trinajstić information content (AvgIpc) is 3.02. The van der Waals surface area contributed by atoms with Crippen molar-refractivity contribution in [2.75, 3.05) is 32.1 Å². The Balaban J connectivity index is 1.77. The summed E-state index contributed by atoms with van der Waals surface area (Å²) in [6.45, 7) is 2.01. The molecule has 110 valence electrons. The van der Waals surface area contributed by atoms with Crippen LogP contribution in [-0.2, 0) is 9.53 Å². The van der Waals surface area contributed by atoms with Crippen LogP contribution in [0.1, 0.15) is 0 Å². The first kappa shape index (κ1) is 13.7. The molecule has 1 N–H and O–H groups in total. The van der Waals surface area contributed by atoms with Crippen LogP contribution in [0.2, 0.25) is 0 Å². The SMILES string of the molecule is CN1CCO[C@H](C(=O)Nc2ccccc2-n2ccnn2)C1. The Bertz CT molecular complexity index is 614. The van der Waals surface area contributed by atoms with Crippen molar-refractivity contribution in [2.45, 2.75) is 6.10 Å². The second kappa shape index (κ2) is 6.02. The lowest BCUT2D eigenvalue weighted by Gasteiger charge is -2.29. The van der Waals surface area contributed by atoms with E-state index in [0.717, 1.165) is 12.2 Å². The molecule has 0 unspecified atom stereocenters. The lowest BCUT2D eigenvalue weighted by atomic mass is 10.2. The van der Waals surface area contributed by atoms with E-state index in [4.69, 9.17) is 4.74 Å². The van der Waals surface area contributed by atoms with Crippen LogP contribution in [0.15, 0.2) is 36.7 Å². The van der Waals surface area contributed by atoms with Gasteiger partial charge in [0.15, 0.2) is 0 Å². The topological polar surface area (TPSA) is 72.3 Å². The fourth-order valence-corrected chi connectivity index (χ4v) is 2.27. The first-order valence-electron chi connectivity index (χ1n) is 6.81. The highest BCUT2D eigenvalue weighted by molar-refractivity contribution is 5.96. The average molecular weight is 287 g/mol. The fourth-order valence-electron chi connectivity index (χ4n) is 2.27. The number of likely N-dealkylation sites (N-methyl/N-ethyl adjacent to an activating group) is 1. The number of anilines is 1. The van der Waals surface area contributed by atoms with E-state index in [1.54, 1.807) is 17.1 Å². The van der Waals surface area contributed by atoms with E-state index in [1.165, 1.54) is 0 Å². The second-order valence-electron chi connectivity index (χ2n) is 4.98. The molecule has 7 heteroatoms. The summed E-state index contributed by atoms with van der Waals surface area (Å²) in [5, 5.41) is 10.7. The van der Waals surface area contributed by atoms with Crippen molar-refractivity contribution in [3.05, 3.63) is 36.7 Å². The molecule has 1 amide bonds. The quantitative estimate of drug-likeness (QED) is 0.892. The zero-order valence-corrected chi connectivity index (χ0v) is 11.8. The Morgan fingerprint density at radius 2 is 2.29 bits per heavy atom. The molecule has 0 saturated carbocycles. The molecule has 1 fully saturated rings. The zero-order valence-electron chi connectivity index (χ0n) is 11.8. The summed E-state index contributed by atoms with van der Waals surface area (Å²) < 4.78 is 7.14. The summed E-state index contributed by atoms with van der Waals surface area (Å²) in [5.41, 5.74) is 1.46. The van der Waals surface area contributed by atoms with Gasteiger partial charge in [0.2, 0.25) is 0 Å². The van der Waals surface area contributed by atoms with Crippen LogP contribution < -0.4 is 5.32 Å². The monoisotopic (exact) mass is 287 g/mol. The highest BCUT2D eigenvalue weighted by Gasteiger charge is 2.25. The minimum absolute atomic E-state index is 0.144. The number of ether oxygens (including phenoxy) is 1. The molecule has 1 atom stereocenters. The van der Waals surface area contributed by atoms with Gasteiger partial charge in [0.05, 0.1) is 30.4 Å². The fraction of sp³-hybridized carbons (Fsp3) is 0.357. The molecular formula is C14H17N5O2. The predicted octanol–water partition coefficient (Wildman–Crippen LogP) is 0.536. The summed E-state index contributed by atoms with van der Waals surface area (Å²) in [6, 6.07) is 7.46. The van der Waals surface area contributed by atoms with Gasteiger partial charge < -0.3 is 15.0 Å². The Morgan fingerprint density at radius 1 is 1.43 bits per heavy atom. The van der Waals surface area contributed by atoms with Crippen LogP contribution in [0.4, 0.5) is 5.69 Å². The molecule has 1 aliphatic heterocycles. The van der Waals surface area contributed by atoms with E-state index < -0.39 is 6.10 Å². The van der Waals surface area contributed by atoms with E-state index in [2.05, 4.69) is 20.5 Å². The summed E-state index contributed by atoms with van der Waals surface area (Å²) >= 11 is 0. The van der Waals surface area contributed by atoms with Crippen LogP contribution >= 0.6 is 0 Å². The number of amides is 1. The van der Waals surface area contributed by atoms with E-state index >= 15 is 0 Å². The highest BCUT2D eigenvalue weighted by atomic mass is 16.5. The minimum atomic E-state index is -0.451. The minimum Gasteiger partial charge on any atom is -0.366 e. The van der Waals surface area contributed by atoms with Crippen LogP contribution in [0.5, 0.6) is 0 Å². The number of nitrogens with zero attached hydrogens (tertiary/aromatic N) is 4. The molecule has 1 aromatic heterocycles. The van der Waals surface area contributed by atoms with E-state index in [0.29, 0.717) is 18.8 Å². The van der Waals surface area contributed by atoms with Crippen molar-refractivity contribution < 1.29 is 9.53 Å². The molecule has 1 saturated heterocycles. The summed E-state index contributed by atoms with van der Waals surface area (Å²) in [4.78, 5) is 14.4. The number of carbonyl (C=O) groups excluding carboxylic acids is 1. The Hall–Kier alpha value is -2.25. The van der Waals surface area contributed by atoms with E-state index in [-0.39, 0.29) is 5.91 Å². The smallest absolute Gasteiger partial charge is 0.254 e. The number of benzene rings is 1. The number of hydrogen-bond donors (Lipinski definition) is 1. The number of rotatable bonds is 3. The van der Waals surface area contributed by atoms with Crippen molar-refractivity contribution in [1.29, 1.82) is 0 Å². The maximum Gasteiger partial charge on any atom is 0.254 e. The first-order chi connectivity index (χ1) is 10.2. The standard InChI is InChI=1S/C14H17N5O2/c1-18-8-9-21-13(10-18)14(20)16-11-4-2-3-5-12(11)19-7-6-15-17-19/h2-7,13H,8-10H2,1H3,(H,16,20)/t13-/m0/s1. The molecule has 1 aliphatic rings. The maximum atomic E-state index is 12.3. The zero-order chi connectivity index (χ0) is 14.7. The molecule has 0 aliphatic carbocycles. The van der Waals surface area contributed by atoms with Gasteiger partial charge in [-0.2, -0.15) is 0 Å². The molecule has 0 radical (unpaired) electrons. The van der Waals surface area contributed by atoms with Crippen LogP contribution in [0.3, 0.4) is 0 Å². The summed E-state index contributed by atoms with van der Waals surface area (Å²) in [6.07, 6.45) is 2.88. The first-order valence-corrected chi connectivity index (χ1v) is 6.81. The Morgan fingerprint density at radius 3 is 3.05 bits per heavy atom.